The van der Waals surface area contributed by atoms with Crippen molar-refractivity contribution in [3.8, 4) is 0 Å². The van der Waals surface area contributed by atoms with E-state index in [1.165, 1.54) is 30.9 Å². The zero-order chi connectivity index (χ0) is 16.9. The summed E-state index contributed by atoms with van der Waals surface area (Å²) in [6.07, 6.45) is 5.36. The third-order valence-corrected chi connectivity index (χ3v) is 3.76. The Morgan fingerprint density at radius 2 is 2.35 bits per heavy atom. The Hall–Kier alpha value is -1.93. The van der Waals surface area contributed by atoms with Crippen LogP contribution in [0, 0.1) is 0 Å². The SMILES string of the molecule is CC(C)(C(=O)O)n1cc(NC(=O)CCOCC2CCCO2)cn1. The maximum atomic E-state index is 11.8. The van der Waals surface area contributed by atoms with Gasteiger partial charge in [0, 0.05) is 12.8 Å². The van der Waals surface area contributed by atoms with Crippen LogP contribution in [0.4, 0.5) is 5.69 Å². The average molecular weight is 325 g/mol. The molecule has 0 bridgehead atoms. The molecule has 1 aromatic heterocycles. The predicted molar refractivity (Wildman–Crippen MR) is 82.2 cm³/mol. The number of nitrogens with zero attached hydrogens (tertiary/aromatic N) is 2. The van der Waals surface area contributed by atoms with Gasteiger partial charge in [-0.15, -0.1) is 0 Å². The van der Waals surface area contributed by atoms with Crippen molar-refractivity contribution in [3.63, 3.8) is 0 Å². The number of hydrogen-bond donors (Lipinski definition) is 2. The van der Waals surface area contributed by atoms with E-state index in [1.54, 1.807) is 0 Å². The zero-order valence-electron chi connectivity index (χ0n) is 13.4. The molecule has 23 heavy (non-hydrogen) atoms. The van der Waals surface area contributed by atoms with Crippen molar-refractivity contribution in [1.82, 2.24) is 9.78 Å². The quantitative estimate of drug-likeness (QED) is 0.697. The summed E-state index contributed by atoms with van der Waals surface area (Å²) in [4.78, 5) is 23.0. The number of hydrogen-bond acceptors (Lipinski definition) is 5. The number of carbonyl (C=O) groups is 2. The van der Waals surface area contributed by atoms with Gasteiger partial charge in [0.25, 0.3) is 0 Å². The van der Waals surface area contributed by atoms with E-state index in [2.05, 4.69) is 10.4 Å². The summed E-state index contributed by atoms with van der Waals surface area (Å²) in [5, 5.41) is 15.8. The van der Waals surface area contributed by atoms with Crippen molar-refractivity contribution in [3.05, 3.63) is 12.4 Å². The van der Waals surface area contributed by atoms with Crippen LogP contribution >= 0.6 is 0 Å². The fraction of sp³-hybridized carbons (Fsp3) is 0.667. The first-order valence-electron chi connectivity index (χ1n) is 7.67. The Kier molecular flexibility index (Phi) is 5.73. The molecule has 1 aliphatic heterocycles. The van der Waals surface area contributed by atoms with Crippen LogP contribution in [0.25, 0.3) is 0 Å². The number of carboxylic acid groups (broad SMARTS) is 1. The van der Waals surface area contributed by atoms with E-state index >= 15 is 0 Å². The van der Waals surface area contributed by atoms with Gasteiger partial charge in [0.2, 0.25) is 5.91 Å². The topological polar surface area (TPSA) is 103 Å². The second kappa shape index (κ2) is 7.56. The number of ether oxygens (including phenoxy) is 2. The smallest absolute Gasteiger partial charge is 0.331 e. The molecule has 1 fully saturated rings. The van der Waals surface area contributed by atoms with E-state index in [0.29, 0.717) is 18.9 Å². The van der Waals surface area contributed by atoms with Gasteiger partial charge < -0.3 is 19.9 Å². The van der Waals surface area contributed by atoms with E-state index in [-0.39, 0.29) is 18.4 Å². The second-order valence-electron chi connectivity index (χ2n) is 6.05. The number of amides is 1. The average Bonchev–Trinajstić information content (AvgIpc) is 3.15. The van der Waals surface area contributed by atoms with Crippen LogP contribution in [0.1, 0.15) is 33.1 Å². The summed E-state index contributed by atoms with van der Waals surface area (Å²) in [5.41, 5.74) is -0.712. The van der Waals surface area contributed by atoms with Crippen molar-refractivity contribution < 1.29 is 24.2 Å². The minimum Gasteiger partial charge on any atom is -0.479 e. The standard InChI is InChI=1S/C15H23N3O5/c1-15(2,14(20)21)18-9-11(8-16-18)17-13(19)5-7-22-10-12-4-3-6-23-12/h8-9,12H,3-7,10H2,1-2H3,(H,17,19)(H,20,21). The van der Waals surface area contributed by atoms with Gasteiger partial charge in [-0.2, -0.15) is 5.10 Å². The first-order valence-corrected chi connectivity index (χ1v) is 7.67. The van der Waals surface area contributed by atoms with Crippen LogP contribution in [-0.4, -0.2) is 52.7 Å². The number of carboxylic acids is 1. The third-order valence-electron chi connectivity index (χ3n) is 3.76. The maximum Gasteiger partial charge on any atom is 0.331 e. The summed E-state index contributed by atoms with van der Waals surface area (Å²) in [7, 11) is 0. The lowest BCUT2D eigenvalue weighted by atomic mass is 10.1. The minimum atomic E-state index is -1.17. The first kappa shape index (κ1) is 17.4. The van der Waals surface area contributed by atoms with E-state index in [0.717, 1.165) is 19.4 Å². The molecule has 0 saturated carbocycles. The van der Waals surface area contributed by atoms with Crippen LogP contribution in [0.15, 0.2) is 12.4 Å². The summed E-state index contributed by atoms with van der Waals surface area (Å²) < 4.78 is 12.2. The summed E-state index contributed by atoms with van der Waals surface area (Å²) >= 11 is 0. The lowest BCUT2D eigenvalue weighted by molar-refractivity contribution is -0.146. The van der Waals surface area contributed by atoms with Crippen molar-refractivity contribution >= 4 is 17.6 Å². The molecule has 1 saturated heterocycles. The molecule has 0 aromatic carbocycles. The number of aliphatic carboxylic acids is 1. The Morgan fingerprint density at radius 1 is 1.57 bits per heavy atom. The molecule has 1 unspecified atom stereocenters. The van der Waals surface area contributed by atoms with Gasteiger partial charge in [-0.25, -0.2) is 4.79 Å². The van der Waals surface area contributed by atoms with Crippen molar-refractivity contribution in [2.24, 2.45) is 0 Å². The van der Waals surface area contributed by atoms with Gasteiger partial charge >= 0.3 is 5.97 Å². The number of rotatable bonds is 8. The number of anilines is 1. The second-order valence-corrected chi connectivity index (χ2v) is 6.05. The summed E-state index contributed by atoms with van der Waals surface area (Å²) in [5.74, 6) is -1.20. The lowest BCUT2D eigenvalue weighted by Gasteiger charge is -2.19. The molecule has 0 spiro atoms. The number of carbonyl (C=O) groups excluding carboxylic acids is 1. The highest BCUT2D eigenvalue weighted by atomic mass is 16.5. The fourth-order valence-electron chi connectivity index (χ4n) is 2.17. The number of nitrogens with one attached hydrogen (secondary N) is 1. The van der Waals surface area contributed by atoms with Crippen LogP contribution in [0.2, 0.25) is 0 Å². The van der Waals surface area contributed by atoms with Crippen LogP contribution in [-0.2, 0) is 24.6 Å². The number of aromatic nitrogens is 2. The molecule has 1 aromatic rings. The van der Waals surface area contributed by atoms with Gasteiger partial charge in [0.05, 0.1) is 37.6 Å². The predicted octanol–water partition coefficient (Wildman–Crippen LogP) is 1.23. The highest BCUT2D eigenvalue weighted by molar-refractivity contribution is 5.90. The molecule has 2 heterocycles. The Bertz CT molecular complexity index is 549. The summed E-state index contributed by atoms with van der Waals surface area (Å²) in [6, 6.07) is 0. The fourth-order valence-corrected chi connectivity index (χ4v) is 2.17. The molecule has 128 valence electrons. The minimum absolute atomic E-state index is 0.148. The molecular weight excluding hydrogens is 302 g/mol. The molecular formula is C15H23N3O5. The van der Waals surface area contributed by atoms with E-state index in [4.69, 9.17) is 14.6 Å². The van der Waals surface area contributed by atoms with Crippen molar-refractivity contribution in [2.75, 3.05) is 25.1 Å². The molecule has 2 rings (SSSR count). The molecule has 0 aliphatic carbocycles. The molecule has 1 atom stereocenters. The van der Waals surface area contributed by atoms with E-state index in [9.17, 15) is 9.59 Å². The highest BCUT2D eigenvalue weighted by Gasteiger charge is 2.30. The lowest BCUT2D eigenvalue weighted by Crippen LogP contribution is -2.35. The Morgan fingerprint density at radius 3 is 3.00 bits per heavy atom. The molecule has 1 aliphatic rings. The normalized spacial score (nSPS) is 18.1. The summed E-state index contributed by atoms with van der Waals surface area (Å²) in [6.45, 7) is 4.68. The molecule has 1 amide bonds. The van der Waals surface area contributed by atoms with Crippen LogP contribution in [0.3, 0.4) is 0 Å². The van der Waals surface area contributed by atoms with Gasteiger partial charge in [-0.05, 0) is 26.7 Å². The van der Waals surface area contributed by atoms with Crippen molar-refractivity contribution in [2.45, 2.75) is 44.8 Å². The third kappa shape index (κ3) is 4.77. The maximum absolute atomic E-state index is 11.8. The Balaban J connectivity index is 1.73. The van der Waals surface area contributed by atoms with Crippen LogP contribution < -0.4 is 5.32 Å². The van der Waals surface area contributed by atoms with E-state index in [1.807, 2.05) is 0 Å². The largest absolute Gasteiger partial charge is 0.479 e. The van der Waals surface area contributed by atoms with Crippen LogP contribution in [0.5, 0.6) is 0 Å². The molecule has 8 nitrogen and oxygen atoms in total. The van der Waals surface area contributed by atoms with Gasteiger partial charge in [-0.3, -0.25) is 9.48 Å². The zero-order valence-corrected chi connectivity index (χ0v) is 13.4. The Labute approximate surface area is 134 Å². The van der Waals surface area contributed by atoms with E-state index < -0.39 is 11.5 Å². The monoisotopic (exact) mass is 325 g/mol. The van der Waals surface area contributed by atoms with Gasteiger partial charge in [0.15, 0.2) is 5.54 Å². The molecule has 8 heteroatoms. The van der Waals surface area contributed by atoms with Crippen molar-refractivity contribution in [1.29, 1.82) is 0 Å². The van der Waals surface area contributed by atoms with Gasteiger partial charge in [0.1, 0.15) is 0 Å². The van der Waals surface area contributed by atoms with Gasteiger partial charge in [-0.1, -0.05) is 0 Å². The molecule has 0 radical (unpaired) electrons. The first-order chi connectivity index (χ1) is 10.9. The highest BCUT2D eigenvalue weighted by Crippen LogP contribution is 2.17. The molecule has 2 N–H and O–H groups in total.